The van der Waals surface area contributed by atoms with Gasteiger partial charge in [0.15, 0.2) is 11.6 Å². The number of amides is 2. The maximum absolute atomic E-state index is 13.3. The summed E-state index contributed by atoms with van der Waals surface area (Å²) >= 11 is 0. The van der Waals surface area contributed by atoms with Gasteiger partial charge in [-0.15, -0.1) is 0 Å². The van der Waals surface area contributed by atoms with E-state index < -0.39 is 30.3 Å². The molecule has 0 radical (unpaired) electrons. The van der Waals surface area contributed by atoms with Gasteiger partial charge in [0, 0.05) is 12.7 Å². The minimum atomic E-state index is -2.93. The third-order valence-corrected chi connectivity index (χ3v) is 3.66. The van der Waals surface area contributed by atoms with Gasteiger partial charge in [-0.05, 0) is 48.9 Å². The molecule has 0 aliphatic rings. The predicted molar refractivity (Wildman–Crippen MR) is 84.6 cm³/mol. The van der Waals surface area contributed by atoms with Crippen LogP contribution in [0, 0.1) is 11.6 Å². The van der Waals surface area contributed by atoms with Crippen LogP contribution in [0.15, 0.2) is 42.5 Å². The number of nitrogens with zero attached hydrogens (tertiary/aromatic N) is 1. The highest BCUT2D eigenvalue weighted by Crippen LogP contribution is 2.23. The summed E-state index contributed by atoms with van der Waals surface area (Å²) in [6.07, 6.45) is 0. The molecule has 8 heteroatoms. The molecule has 0 aliphatic carbocycles. The minimum Gasteiger partial charge on any atom is -0.435 e. The number of carbonyl (C=O) groups excluding carboxylic acids is 1. The van der Waals surface area contributed by atoms with Gasteiger partial charge >= 0.3 is 12.6 Å². The Morgan fingerprint density at radius 2 is 1.72 bits per heavy atom. The number of carbonyl (C=O) groups is 1. The number of benzene rings is 2. The van der Waals surface area contributed by atoms with Gasteiger partial charge in [-0.3, -0.25) is 0 Å². The molecule has 0 unspecified atom stereocenters. The lowest BCUT2D eigenvalue weighted by Crippen LogP contribution is -2.33. The van der Waals surface area contributed by atoms with E-state index in [0.29, 0.717) is 11.3 Å². The lowest BCUT2D eigenvalue weighted by Gasteiger charge is -2.25. The topological polar surface area (TPSA) is 41.6 Å². The van der Waals surface area contributed by atoms with Crippen molar-refractivity contribution < 1.29 is 27.1 Å². The summed E-state index contributed by atoms with van der Waals surface area (Å²) in [5, 5.41) is 2.57. The van der Waals surface area contributed by atoms with Gasteiger partial charge in [-0.1, -0.05) is 6.07 Å². The van der Waals surface area contributed by atoms with Crippen LogP contribution in [0.2, 0.25) is 0 Å². The van der Waals surface area contributed by atoms with E-state index in [-0.39, 0.29) is 5.75 Å². The largest absolute Gasteiger partial charge is 0.435 e. The van der Waals surface area contributed by atoms with Crippen molar-refractivity contribution in [2.24, 2.45) is 0 Å². The average molecular weight is 356 g/mol. The van der Waals surface area contributed by atoms with Crippen molar-refractivity contribution in [2.45, 2.75) is 19.6 Å². The summed E-state index contributed by atoms with van der Waals surface area (Å²) in [5.74, 6) is -1.99. The molecule has 4 nitrogen and oxygen atoms in total. The highest BCUT2D eigenvalue weighted by Gasteiger charge is 2.19. The van der Waals surface area contributed by atoms with Crippen molar-refractivity contribution >= 4 is 11.7 Å². The van der Waals surface area contributed by atoms with E-state index in [4.69, 9.17) is 0 Å². The van der Waals surface area contributed by atoms with Crippen LogP contribution in [-0.4, -0.2) is 24.6 Å². The Bertz CT molecular complexity index is 738. The van der Waals surface area contributed by atoms with Crippen LogP contribution < -0.4 is 10.1 Å². The van der Waals surface area contributed by atoms with Crippen LogP contribution in [0.3, 0.4) is 0 Å². The molecule has 25 heavy (non-hydrogen) atoms. The normalized spacial score (nSPS) is 12.0. The molecule has 2 amide bonds. The van der Waals surface area contributed by atoms with Crippen molar-refractivity contribution in [3.63, 3.8) is 0 Å². The lowest BCUT2D eigenvalue weighted by molar-refractivity contribution is -0.0498. The molecule has 0 aromatic heterocycles. The van der Waals surface area contributed by atoms with Gasteiger partial charge in [-0.25, -0.2) is 13.6 Å². The second kappa shape index (κ2) is 7.87. The molecule has 1 N–H and O–H groups in total. The van der Waals surface area contributed by atoms with Crippen LogP contribution >= 0.6 is 0 Å². The molecule has 0 saturated carbocycles. The molecule has 0 fully saturated rings. The number of nitrogens with one attached hydrogen (secondary N) is 1. The molecule has 2 rings (SSSR count). The minimum absolute atomic E-state index is 0.0310. The van der Waals surface area contributed by atoms with Crippen LogP contribution in [0.1, 0.15) is 18.5 Å². The van der Waals surface area contributed by atoms with Crippen LogP contribution in [-0.2, 0) is 0 Å². The number of ether oxygens (including phenoxy) is 1. The summed E-state index contributed by atoms with van der Waals surface area (Å²) in [4.78, 5) is 13.5. The van der Waals surface area contributed by atoms with E-state index in [1.54, 1.807) is 6.92 Å². The van der Waals surface area contributed by atoms with E-state index in [1.165, 1.54) is 42.3 Å². The zero-order valence-corrected chi connectivity index (χ0v) is 13.5. The fraction of sp³-hybridized carbons (Fsp3) is 0.235. The summed E-state index contributed by atoms with van der Waals surface area (Å²) in [6.45, 7) is -1.27. The monoisotopic (exact) mass is 356 g/mol. The fourth-order valence-electron chi connectivity index (χ4n) is 2.10. The van der Waals surface area contributed by atoms with E-state index >= 15 is 0 Å². The molecule has 2 aromatic rings. The first-order valence-electron chi connectivity index (χ1n) is 7.31. The number of halogens is 4. The highest BCUT2D eigenvalue weighted by molar-refractivity contribution is 5.89. The highest BCUT2D eigenvalue weighted by atomic mass is 19.3. The van der Waals surface area contributed by atoms with Crippen LogP contribution in [0.5, 0.6) is 5.75 Å². The van der Waals surface area contributed by atoms with Crippen molar-refractivity contribution in [3.05, 3.63) is 59.7 Å². The summed E-state index contributed by atoms with van der Waals surface area (Å²) < 4.78 is 54.7. The zero-order valence-electron chi connectivity index (χ0n) is 13.5. The van der Waals surface area contributed by atoms with Gasteiger partial charge in [0.2, 0.25) is 0 Å². The first kappa shape index (κ1) is 18.6. The second-order valence-corrected chi connectivity index (χ2v) is 5.29. The fourth-order valence-corrected chi connectivity index (χ4v) is 2.10. The van der Waals surface area contributed by atoms with Gasteiger partial charge in [0.1, 0.15) is 5.75 Å². The third kappa shape index (κ3) is 4.85. The molecule has 0 heterocycles. The number of hydrogen-bond acceptors (Lipinski definition) is 2. The Morgan fingerprint density at radius 3 is 2.28 bits per heavy atom. The Labute approximate surface area is 142 Å². The van der Waals surface area contributed by atoms with E-state index in [1.807, 2.05) is 0 Å². The van der Waals surface area contributed by atoms with Crippen molar-refractivity contribution in [2.75, 3.05) is 12.4 Å². The molecule has 0 saturated heterocycles. The Morgan fingerprint density at radius 1 is 1.08 bits per heavy atom. The molecule has 134 valence electrons. The standard InChI is InChI=1S/C17H16F4N2O2/c1-10(11-3-8-14(18)15(19)9-11)23(2)17(24)22-12-4-6-13(7-5-12)25-16(20)21/h3-10,16H,1-2H3,(H,22,24)/t10-/m1/s1. The SMILES string of the molecule is C[C@H](c1ccc(F)c(F)c1)N(C)C(=O)Nc1ccc(OC(F)F)cc1. The number of urea groups is 1. The van der Waals surface area contributed by atoms with E-state index in [9.17, 15) is 22.4 Å². The summed E-state index contributed by atoms with van der Waals surface area (Å²) in [6, 6.07) is 7.80. The van der Waals surface area contributed by atoms with Gasteiger partial charge in [0.05, 0.1) is 6.04 Å². The predicted octanol–water partition coefficient (Wildman–Crippen LogP) is 4.79. The number of rotatable bonds is 5. The Hall–Kier alpha value is -2.77. The van der Waals surface area contributed by atoms with E-state index in [0.717, 1.165) is 12.1 Å². The van der Waals surface area contributed by atoms with Gasteiger partial charge < -0.3 is 15.0 Å². The second-order valence-electron chi connectivity index (χ2n) is 5.29. The maximum Gasteiger partial charge on any atom is 0.387 e. The molecule has 0 spiro atoms. The quantitative estimate of drug-likeness (QED) is 0.783. The van der Waals surface area contributed by atoms with Crippen molar-refractivity contribution in [3.8, 4) is 5.75 Å². The number of alkyl halides is 2. The van der Waals surface area contributed by atoms with E-state index in [2.05, 4.69) is 10.1 Å². The van der Waals surface area contributed by atoms with Gasteiger partial charge in [0.25, 0.3) is 0 Å². The number of anilines is 1. The average Bonchev–Trinajstić information content (AvgIpc) is 2.57. The smallest absolute Gasteiger partial charge is 0.387 e. The molecule has 0 aliphatic heterocycles. The van der Waals surface area contributed by atoms with Crippen molar-refractivity contribution in [1.29, 1.82) is 0 Å². The van der Waals surface area contributed by atoms with Crippen LogP contribution in [0.4, 0.5) is 28.0 Å². The Kier molecular flexibility index (Phi) is 5.84. The molecule has 0 bridgehead atoms. The lowest BCUT2D eigenvalue weighted by atomic mass is 10.1. The molecular weight excluding hydrogens is 340 g/mol. The summed E-state index contributed by atoms with van der Waals surface area (Å²) in [5.41, 5.74) is 0.799. The molecule has 1 atom stereocenters. The first-order valence-corrected chi connectivity index (χ1v) is 7.31. The summed E-state index contributed by atoms with van der Waals surface area (Å²) in [7, 11) is 1.50. The maximum atomic E-state index is 13.3. The molecule has 2 aromatic carbocycles. The number of hydrogen-bond donors (Lipinski definition) is 1. The Balaban J connectivity index is 2.02. The van der Waals surface area contributed by atoms with Gasteiger partial charge in [-0.2, -0.15) is 8.78 Å². The third-order valence-electron chi connectivity index (χ3n) is 3.66. The van der Waals surface area contributed by atoms with Crippen molar-refractivity contribution in [1.82, 2.24) is 4.90 Å². The first-order chi connectivity index (χ1) is 11.8. The zero-order chi connectivity index (χ0) is 18.6. The van der Waals surface area contributed by atoms with Crippen LogP contribution in [0.25, 0.3) is 0 Å². The molecular formula is C17H16F4N2O2.